The molecule has 0 bridgehead atoms. The molecule has 0 unspecified atom stereocenters. The van der Waals surface area contributed by atoms with E-state index in [1.807, 2.05) is 0 Å². The van der Waals surface area contributed by atoms with E-state index in [-0.39, 0.29) is 0 Å². The monoisotopic (exact) mass is 235 g/mol. The van der Waals surface area contributed by atoms with Crippen molar-refractivity contribution in [3.8, 4) is 5.19 Å². The zero-order chi connectivity index (χ0) is 10.2. The Morgan fingerprint density at radius 1 is 1.43 bits per heavy atom. The van der Waals surface area contributed by atoms with E-state index in [0.717, 1.165) is 19.4 Å². The van der Waals surface area contributed by atoms with Crippen molar-refractivity contribution in [1.82, 2.24) is 4.98 Å². The largest absolute Gasteiger partial charge is 0.468 e. The topological polar surface area (TPSA) is 31.4 Å². The zero-order valence-corrected chi connectivity index (χ0v) is 9.74. The Bertz CT molecular complexity index is 255. The van der Waals surface area contributed by atoms with Gasteiger partial charge in [0.05, 0.1) is 6.61 Å². The van der Waals surface area contributed by atoms with Crippen molar-refractivity contribution in [2.75, 3.05) is 19.8 Å². The molecular weight excluding hydrogens is 222 g/mol. The molecule has 0 N–H and O–H groups in total. The number of ether oxygens (including phenoxy) is 2. The first kappa shape index (κ1) is 11.8. The molecule has 0 saturated carbocycles. The number of hydrogen-bond acceptors (Lipinski definition) is 4. The van der Waals surface area contributed by atoms with Crippen LogP contribution in [0.1, 0.15) is 19.8 Å². The zero-order valence-electron chi connectivity index (χ0n) is 8.16. The minimum Gasteiger partial charge on any atom is -0.468 e. The lowest BCUT2D eigenvalue weighted by Crippen LogP contribution is -2.07. The summed E-state index contributed by atoms with van der Waals surface area (Å²) >= 11 is 7.03. The lowest BCUT2D eigenvalue weighted by molar-refractivity contribution is 0.0979. The van der Waals surface area contributed by atoms with E-state index in [1.54, 1.807) is 5.38 Å². The standard InChI is InChI=1S/C9H14ClNO2S/c1-2-3-4-12-5-6-13-9-11-8(10)7-14-9/h7H,2-6H2,1H3. The van der Waals surface area contributed by atoms with Crippen LogP contribution >= 0.6 is 22.9 Å². The number of unbranched alkanes of at least 4 members (excludes halogenated alkanes) is 1. The van der Waals surface area contributed by atoms with E-state index in [1.165, 1.54) is 11.3 Å². The first-order valence-corrected chi connectivity index (χ1v) is 5.90. The second-order valence-corrected chi connectivity index (χ2v) is 3.96. The number of nitrogens with zero attached hydrogens (tertiary/aromatic N) is 1. The highest BCUT2D eigenvalue weighted by atomic mass is 35.5. The predicted octanol–water partition coefficient (Wildman–Crippen LogP) is 2.99. The Morgan fingerprint density at radius 3 is 2.93 bits per heavy atom. The summed E-state index contributed by atoms with van der Waals surface area (Å²) in [5.41, 5.74) is 0. The molecule has 1 aromatic heterocycles. The van der Waals surface area contributed by atoms with Gasteiger partial charge < -0.3 is 9.47 Å². The molecule has 1 aromatic rings. The minimum atomic E-state index is 0.483. The average molecular weight is 236 g/mol. The fourth-order valence-corrected chi connectivity index (χ4v) is 1.66. The smallest absolute Gasteiger partial charge is 0.274 e. The molecule has 80 valence electrons. The quantitative estimate of drug-likeness (QED) is 0.681. The van der Waals surface area contributed by atoms with Gasteiger partial charge in [0.15, 0.2) is 0 Å². The van der Waals surface area contributed by atoms with Gasteiger partial charge in [-0.1, -0.05) is 36.3 Å². The highest BCUT2D eigenvalue weighted by Gasteiger charge is 1.99. The molecule has 14 heavy (non-hydrogen) atoms. The van der Waals surface area contributed by atoms with Crippen molar-refractivity contribution in [3.63, 3.8) is 0 Å². The van der Waals surface area contributed by atoms with E-state index < -0.39 is 0 Å². The predicted molar refractivity (Wildman–Crippen MR) is 58.3 cm³/mol. The second kappa shape index (κ2) is 7.04. The molecule has 5 heteroatoms. The van der Waals surface area contributed by atoms with Crippen molar-refractivity contribution in [2.45, 2.75) is 19.8 Å². The summed E-state index contributed by atoms with van der Waals surface area (Å²) in [6.45, 7) is 4.08. The number of thiazole rings is 1. The van der Waals surface area contributed by atoms with Gasteiger partial charge in [-0.05, 0) is 6.42 Å². The molecule has 1 heterocycles. The van der Waals surface area contributed by atoms with E-state index in [4.69, 9.17) is 21.1 Å². The van der Waals surface area contributed by atoms with Crippen LogP contribution in [0.15, 0.2) is 5.38 Å². The summed E-state index contributed by atoms with van der Waals surface area (Å²) in [4.78, 5) is 3.95. The Morgan fingerprint density at radius 2 is 2.29 bits per heavy atom. The van der Waals surface area contributed by atoms with E-state index >= 15 is 0 Å². The molecule has 0 fully saturated rings. The molecule has 0 saturated heterocycles. The van der Waals surface area contributed by atoms with Crippen LogP contribution in [0.2, 0.25) is 5.15 Å². The van der Waals surface area contributed by atoms with Crippen LogP contribution < -0.4 is 4.74 Å². The van der Waals surface area contributed by atoms with Crippen molar-refractivity contribution < 1.29 is 9.47 Å². The average Bonchev–Trinajstić information content (AvgIpc) is 2.58. The molecule has 0 aromatic carbocycles. The van der Waals surface area contributed by atoms with Crippen molar-refractivity contribution in [1.29, 1.82) is 0 Å². The van der Waals surface area contributed by atoms with Gasteiger partial charge in [-0.3, -0.25) is 0 Å². The van der Waals surface area contributed by atoms with Gasteiger partial charge in [-0.25, -0.2) is 0 Å². The first-order valence-electron chi connectivity index (χ1n) is 4.64. The van der Waals surface area contributed by atoms with Gasteiger partial charge >= 0.3 is 0 Å². The molecule has 1 rings (SSSR count). The molecule has 0 atom stereocenters. The third-order valence-electron chi connectivity index (χ3n) is 1.55. The van der Waals surface area contributed by atoms with Crippen LogP contribution in [-0.2, 0) is 4.74 Å². The molecule has 0 spiro atoms. The van der Waals surface area contributed by atoms with Gasteiger partial charge in [-0.15, -0.1) is 0 Å². The van der Waals surface area contributed by atoms with E-state index in [9.17, 15) is 0 Å². The van der Waals surface area contributed by atoms with Gasteiger partial charge in [0.25, 0.3) is 5.19 Å². The summed E-state index contributed by atoms with van der Waals surface area (Å²) in [6.07, 6.45) is 2.26. The molecule has 0 radical (unpaired) electrons. The van der Waals surface area contributed by atoms with Gasteiger partial charge in [0.2, 0.25) is 0 Å². The summed E-state index contributed by atoms with van der Waals surface area (Å²) in [5, 5.41) is 2.83. The molecular formula is C9H14ClNO2S. The summed E-state index contributed by atoms with van der Waals surface area (Å²) in [5.74, 6) is 0. The van der Waals surface area contributed by atoms with Gasteiger partial charge in [0, 0.05) is 12.0 Å². The van der Waals surface area contributed by atoms with Crippen LogP contribution in [0.25, 0.3) is 0 Å². The molecule has 0 aliphatic rings. The highest BCUT2D eigenvalue weighted by Crippen LogP contribution is 2.20. The fraction of sp³-hybridized carbons (Fsp3) is 0.667. The summed E-state index contributed by atoms with van der Waals surface area (Å²) < 4.78 is 10.6. The molecule has 0 amide bonds. The fourth-order valence-electron chi connectivity index (χ4n) is 0.842. The van der Waals surface area contributed by atoms with E-state index in [0.29, 0.717) is 23.6 Å². The maximum Gasteiger partial charge on any atom is 0.274 e. The number of rotatable bonds is 7. The first-order chi connectivity index (χ1) is 6.83. The Hall–Kier alpha value is -0.320. The van der Waals surface area contributed by atoms with Crippen LogP contribution in [0.4, 0.5) is 0 Å². The third-order valence-corrected chi connectivity index (χ3v) is 2.63. The highest BCUT2D eigenvalue weighted by molar-refractivity contribution is 7.11. The van der Waals surface area contributed by atoms with Crippen LogP contribution in [0, 0.1) is 0 Å². The third kappa shape index (κ3) is 4.79. The summed E-state index contributed by atoms with van der Waals surface area (Å²) in [7, 11) is 0. The lowest BCUT2D eigenvalue weighted by Gasteiger charge is -2.03. The van der Waals surface area contributed by atoms with Crippen molar-refractivity contribution in [3.05, 3.63) is 10.5 Å². The van der Waals surface area contributed by atoms with E-state index in [2.05, 4.69) is 11.9 Å². The van der Waals surface area contributed by atoms with Crippen LogP contribution in [0.5, 0.6) is 5.19 Å². The maximum absolute atomic E-state index is 5.63. The van der Waals surface area contributed by atoms with Gasteiger partial charge in [-0.2, -0.15) is 4.98 Å². The SMILES string of the molecule is CCCCOCCOc1nc(Cl)cs1. The van der Waals surface area contributed by atoms with Crippen LogP contribution in [-0.4, -0.2) is 24.8 Å². The number of halogens is 1. The summed E-state index contributed by atoms with van der Waals surface area (Å²) in [6, 6.07) is 0. The number of aromatic nitrogens is 1. The lowest BCUT2D eigenvalue weighted by atomic mass is 10.4. The maximum atomic E-state index is 5.63. The van der Waals surface area contributed by atoms with Crippen molar-refractivity contribution >= 4 is 22.9 Å². The Labute approximate surface area is 93.0 Å². The van der Waals surface area contributed by atoms with Gasteiger partial charge in [0.1, 0.15) is 11.8 Å². The number of hydrogen-bond donors (Lipinski definition) is 0. The normalized spacial score (nSPS) is 10.4. The second-order valence-electron chi connectivity index (χ2n) is 2.75. The molecule has 0 aliphatic heterocycles. The molecule has 3 nitrogen and oxygen atoms in total. The molecule has 0 aliphatic carbocycles. The Balaban J connectivity index is 1.99. The minimum absolute atomic E-state index is 0.483. The van der Waals surface area contributed by atoms with Crippen molar-refractivity contribution in [2.24, 2.45) is 0 Å². The Kier molecular flexibility index (Phi) is 5.91. The van der Waals surface area contributed by atoms with Crippen LogP contribution in [0.3, 0.4) is 0 Å².